The molecule has 0 radical (unpaired) electrons. The maximum atomic E-state index is 12.0. The van der Waals surface area contributed by atoms with Crippen LogP contribution in [0, 0.1) is 19.8 Å². The third-order valence-electron chi connectivity index (χ3n) is 3.53. The Balaban J connectivity index is 2.06. The van der Waals surface area contributed by atoms with Gasteiger partial charge in [0.2, 0.25) is 5.91 Å². The third-order valence-corrected chi connectivity index (χ3v) is 3.53. The van der Waals surface area contributed by atoms with Crippen LogP contribution < -0.4 is 11.0 Å². The summed E-state index contributed by atoms with van der Waals surface area (Å²) < 4.78 is 5.09. The van der Waals surface area contributed by atoms with Crippen molar-refractivity contribution >= 4 is 11.9 Å². The molecule has 1 saturated heterocycles. The number of amides is 1. The molecule has 2 unspecified atom stereocenters. The molecular weight excluding hydrogens is 278 g/mol. The predicted molar refractivity (Wildman–Crippen MR) is 71.9 cm³/mol. The molecule has 0 saturated carbocycles. The van der Waals surface area contributed by atoms with Gasteiger partial charge >= 0.3 is 11.7 Å². The molecule has 0 bridgehead atoms. The van der Waals surface area contributed by atoms with Gasteiger partial charge < -0.3 is 20.1 Å². The van der Waals surface area contributed by atoms with Gasteiger partial charge in [-0.2, -0.15) is 4.98 Å². The Bertz CT molecular complexity index is 598. The van der Waals surface area contributed by atoms with Gasteiger partial charge in [-0.3, -0.25) is 9.59 Å². The van der Waals surface area contributed by atoms with E-state index in [9.17, 15) is 14.4 Å². The van der Waals surface area contributed by atoms with E-state index in [0.29, 0.717) is 17.0 Å². The lowest BCUT2D eigenvalue weighted by Crippen LogP contribution is -2.43. The minimum Gasteiger partial charge on any atom is -0.481 e. The first-order valence-electron chi connectivity index (χ1n) is 6.54. The predicted octanol–water partition coefficient (Wildman–Crippen LogP) is -0.855. The number of carbonyl (C=O) groups excluding carboxylic acids is 1. The molecule has 1 aromatic heterocycles. The maximum Gasteiger partial charge on any atom is 0.345 e. The number of hydrogen-bond acceptors (Lipinski definition) is 5. The zero-order chi connectivity index (χ0) is 15.6. The number of H-pyrrole nitrogens is 1. The number of nitrogens with zero attached hydrogens (tertiary/aromatic N) is 1. The second kappa shape index (κ2) is 6.04. The quantitative estimate of drug-likeness (QED) is 0.665. The van der Waals surface area contributed by atoms with E-state index in [1.807, 2.05) is 0 Å². The Kier molecular flexibility index (Phi) is 4.37. The summed E-state index contributed by atoms with van der Waals surface area (Å²) in [5.74, 6) is -2.04. The largest absolute Gasteiger partial charge is 0.481 e. The molecular formula is C13H17N3O5. The first-order valence-corrected chi connectivity index (χ1v) is 6.54. The Morgan fingerprint density at radius 1 is 1.43 bits per heavy atom. The Labute approximate surface area is 120 Å². The molecule has 8 nitrogen and oxygen atoms in total. The number of aromatic nitrogens is 2. The van der Waals surface area contributed by atoms with Crippen molar-refractivity contribution in [2.24, 2.45) is 5.92 Å². The average Bonchev–Trinajstić information content (AvgIpc) is 2.82. The van der Waals surface area contributed by atoms with Crippen molar-refractivity contribution in [1.29, 1.82) is 0 Å². The highest BCUT2D eigenvalue weighted by Crippen LogP contribution is 2.14. The van der Waals surface area contributed by atoms with Gasteiger partial charge in [0.1, 0.15) is 5.92 Å². The van der Waals surface area contributed by atoms with E-state index in [1.165, 1.54) is 0 Å². The maximum absolute atomic E-state index is 12.0. The number of aryl methyl sites for hydroxylation is 2. The molecule has 0 spiro atoms. The van der Waals surface area contributed by atoms with E-state index >= 15 is 0 Å². The van der Waals surface area contributed by atoms with Gasteiger partial charge in [-0.1, -0.05) is 0 Å². The zero-order valence-electron chi connectivity index (χ0n) is 11.8. The van der Waals surface area contributed by atoms with E-state index < -0.39 is 23.6 Å². The molecule has 114 valence electrons. The second-order valence-corrected chi connectivity index (χ2v) is 5.06. The Hall–Kier alpha value is -2.22. The number of carboxylic acids is 1. The van der Waals surface area contributed by atoms with Crippen LogP contribution in [0.25, 0.3) is 0 Å². The van der Waals surface area contributed by atoms with Gasteiger partial charge in [-0.15, -0.1) is 0 Å². The molecule has 1 fully saturated rings. The molecule has 1 aliphatic rings. The minimum absolute atomic E-state index is 0.0320. The van der Waals surface area contributed by atoms with Crippen molar-refractivity contribution < 1.29 is 19.4 Å². The number of aliphatic carboxylic acids is 1. The molecule has 1 aromatic rings. The van der Waals surface area contributed by atoms with Crippen LogP contribution in [-0.2, 0) is 20.7 Å². The molecule has 2 atom stereocenters. The van der Waals surface area contributed by atoms with E-state index in [2.05, 4.69) is 15.3 Å². The van der Waals surface area contributed by atoms with Crippen LogP contribution in [0.4, 0.5) is 0 Å². The number of aromatic amines is 1. The van der Waals surface area contributed by atoms with Crippen LogP contribution in [-0.4, -0.2) is 46.2 Å². The van der Waals surface area contributed by atoms with Crippen molar-refractivity contribution in [3.8, 4) is 0 Å². The van der Waals surface area contributed by atoms with Crippen LogP contribution in [0.2, 0.25) is 0 Å². The first kappa shape index (κ1) is 15.2. The normalized spacial score (nSPS) is 21.2. The number of rotatable bonds is 4. The highest BCUT2D eigenvalue weighted by atomic mass is 16.5. The van der Waals surface area contributed by atoms with Gasteiger partial charge in [0.05, 0.1) is 25.7 Å². The van der Waals surface area contributed by atoms with E-state index in [1.54, 1.807) is 13.8 Å². The summed E-state index contributed by atoms with van der Waals surface area (Å²) in [6.07, 6.45) is 0.0320. The smallest absolute Gasteiger partial charge is 0.345 e. The van der Waals surface area contributed by atoms with E-state index in [4.69, 9.17) is 9.84 Å². The van der Waals surface area contributed by atoms with Gasteiger partial charge in [0.25, 0.3) is 0 Å². The molecule has 3 N–H and O–H groups in total. The molecule has 1 amide bonds. The summed E-state index contributed by atoms with van der Waals surface area (Å²) >= 11 is 0. The Morgan fingerprint density at radius 3 is 2.76 bits per heavy atom. The molecule has 0 aromatic carbocycles. The fraction of sp³-hybridized carbons (Fsp3) is 0.538. The van der Waals surface area contributed by atoms with Crippen molar-refractivity contribution in [3.63, 3.8) is 0 Å². The molecule has 0 aliphatic carbocycles. The van der Waals surface area contributed by atoms with Crippen LogP contribution in [0.5, 0.6) is 0 Å². The molecule has 2 rings (SSSR count). The van der Waals surface area contributed by atoms with Crippen LogP contribution in [0.15, 0.2) is 4.79 Å². The van der Waals surface area contributed by atoms with Crippen LogP contribution >= 0.6 is 0 Å². The SMILES string of the molecule is Cc1nc(=O)[nH]c(C)c1CC(=O)NC1COCC1C(=O)O. The fourth-order valence-electron chi connectivity index (χ4n) is 2.37. The molecule has 1 aliphatic heterocycles. The highest BCUT2D eigenvalue weighted by molar-refractivity contribution is 5.80. The molecule has 21 heavy (non-hydrogen) atoms. The summed E-state index contributed by atoms with van der Waals surface area (Å²) in [5, 5.41) is 11.7. The molecule has 2 heterocycles. The summed E-state index contributed by atoms with van der Waals surface area (Å²) in [7, 11) is 0. The van der Waals surface area contributed by atoms with Crippen molar-refractivity contribution in [2.45, 2.75) is 26.3 Å². The lowest BCUT2D eigenvalue weighted by molar-refractivity contribution is -0.142. The monoisotopic (exact) mass is 295 g/mol. The summed E-state index contributed by atoms with van der Waals surface area (Å²) in [6.45, 7) is 3.63. The van der Waals surface area contributed by atoms with Crippen LogP contribution in [0.3, 0.4) is 0 Å². The number of carboxylic acid groups (broad SMARTS) is 1. The van der Waals surface area contributed by atoms with Crippen molar-refractivity contribution in [2.75, 3.05) is 13.2 Å². The van der Waals surface area contributed by atoms with Gasteiger partial charge in [-0.05, 0) is 13.8 Å². The second-order valence-electron chi connectivity index (χ2n) is 5.06. The number of carbonyl (C=O) groups is 2. The van der Waals surface area contributed by atoms with Crippen LogP contribution in [0.1, 0.15) is 17.0 Å². The highest BCUT2D eigenvalue weighted by Gasteiger charge is 2.35. The van der Waals surface area contributed by atoms with Gasteiger partial charge in [-0.25, -0.2) is 4.79 Å². The number of hydrogen-bond donors (Lipinski definition) is 3. The lowest BCUT2D eigenvalue weighted by atomic mass is 10.0. The Morgan fingerprint density at radius 2 is 2.14 bits per heavy atom. The van der Waals surface area contributed by atoms with E-state index in [0.717, 1.165) is 0 Å². The fourth-order valence-corrected chi connectivity index (χ4v) is 2.37. The van der Waals surface area contributed by atoms with E-state index in [-0.39, 0.29) is 25.5 Å². The number of nitrogens with one attached hydrogen (secondary N) is 2. The zero-order valence-corrected chi connectivity index (χ0v) is 11.8. The summed E-state index contributed by atoms with van der Waals surface area (Å²) in [5.41, 5.74) is 1.26. The number of ether oxygens (including phenoxy) is 1. The summed E-state index contributed by atoms with van der Waals surface area (Å²) in [4.78, 5) is 40.6. The van der Waals surface area contributed by atoms with Gasteiger partial charge in [0, 0.05) is 17.0 Å². The first-order chi connectivity index (χ1) is 9.88. The van der Waals surface area contributed by atoms with Gasteiger partial charge in [0.15, 0.2) is 0 Å². The van der Waals surface area contributed by atoms with Crippen molar-refractivity contribution in [3.05, 3.63) is 27.4 Å². The standard InChI is InChI=1S/C13H17N3O5/c1-6-8(7(2)15-13(20)14-6)3-11(17)16-10-5-21-4-9(10)12(18)19/h9-10H,3-5H2,1-2H3,(H,16,17)(H,18,19)(H,14,15,20). The third kappa shape index (κ3) is 3.46. The average molecular weight is 295 g/mol. The lowest BCUT2D eigenvalue weighted by Gasteiger charge is -2.16. The topological polar surface area (TPSA) is 121 Å². The minimum atomic E-state index is -0.990. The summed E-state index contributed by atoms with van der Waals surface area (Å²) in [6, 6.07) is -0.536. The molecule has 8 heteroatoms. The van der Waals surface area contributed by atoms with Crippen molar-refractivity contribution in [1.82, 2.24) is 15.3 Å².